The number of fused-ring (bicyclic) bond motifs is 1. The van der Waals surface area contributed by atoms with Gasteiger partial charge in [0.1, 0.15) is 11.4 Å². The van der Waals surface area contributed by atoms with Crippen molar-refractivity contribution in [2.24, 2.45) is 0 Å². The lowest BCUT2D eigenvalue weighted by molar-refractivity contribution is 0.0698. The Labute approximate surface area is 104 Å². The van der Waals surface area contributed by atoms with Gasteiger partial charge in [0.15, 0.2) is 5.65 Å². The molecule has 94 valence electrons. The molecule has 1 aliphatic heterocycles. The molecule has 0 aliphatic carbocycles. The molecule has 2 aromatic rings. The van der Waals surface area contributed by atoms with Crippen molar-refractivity contribution >= 4 is 11.6 Å². The van der Waals surface area contributed by atoms with Gasteiger partial charge in [0.25, 0.3) is 0 Å². The molecule has 3 heterocycles. The number of nitrogens with one attached hydrogen (secondary N) is 1. The van der Waals surface area contributed by atoms with E-state index in [0.717, 1.165) is 31.8 Å². The third-order valence-electron chi connectivity index (χ3n) is 3.35. The summed E-state index contributed by atoms with van der Waals surface area (Å²) < 4.78 is 1.79. The van der Waals surface area contributed by atoms with Crippen LogP contribution >= 0.6 is 0 Å². The summed E-state index contributed by atoms with van der Waals surface area (Å²) in [4.78, 5) is 11.1. The zero-order valence-electron chi connectivity index (χ0n) is 9.83. The zero-order valence-corrected chi connectivity index (χ0v) is 9.83. The second kappa shape index (κ2) is 4.38. The normalized spacial score (nSPS) is 20.1. The van der Waals surface area contributed by atoms with E-state index in [1.54, 1.807) is 16.5 Å². The van der Waals surface area contributed by atoms with Gasteiger partial charge in [0.05, 0.1) is 0 Å². The lowest BCUT2D eigenvalue weighted by Crippen LogP contribution is -2.29. The number of piperidine rings is 1. The number of aromatic carboxylic acids is 1. The molecular formula is C12H14N4O2. The van der Waals surface area contributed by atoms with Gasteiger partial charge in [-0.05, 0) is 31.5 Å². The number of carboxylic acids is 1. The number of rotatable bonds is 2. The highest BCUT2D eigenvalue weighted by Crippen LogP contribution is 2.23. The Morgan fingerprint density at radius 1 is 1.50 bits per heavy atom. The molecule has 1 unspecified atom stereocenters. The van der Waals surface area contributed by atoms with E-state index in [-0.39, 0.29) is 5.56 Å². The molecule has 1 fully saturated rings. The molecule has 3 rings (SSSR count). The van der Waals surface area contributed by atoms with Gasteiger partial charge < -0.3 is 10.4 Å². The summed E-state index contributed by atoms with van der Waals surface area (Å²) in [6.45, 7) is 1.91. The summed E-state index contributed by atoms with van der Waals surface area (Å²) in [7, 11) is 0. The molecule has 1 atom stereocenters. The van der Waals surface area contributed by atoms with Crippen LogP contribution in [0.4, 0.5) is 0 Å². The van der Waals surface area contributed by atoms with Crippen molar-refractivity contribution in [3.05, 3.63) is 29.7 Å². The van der Waals surface area contributed by atoms with Gasteiger partial charge in [0, 0.05) is 18.7 Å². The molecule has 1 saturated heterocycles. The quantitative estimate of drug-likeness (QED) is 0.822. The van der Waals surface area contributed by atoms with Gasteiger partial charge in [-0.15, -0.1) is 10.2 Å². The number of nitrogens with zero attached hydrogens (tertiary/aromatic N) is 3. The number of pyridine rings is 1. The van der Waals surface area contributed by atoms with Crippen LogP contribution < -0.4 is 5.32 Å². The molecule has 0 bridgehead atoms. The molecular weight excluding hydrogens is 232 g/mol. The van der Waals surface area contributed by atoms with Gasteiger partial charge in [-0.25, -0.2) is 4.79 Å². The van der Waals surface area contributed by atoms with Crippen molar-refractivity contribution in [2.75, 3.05) is 13.1 Å². The molecule has 1 aliphatic rings. The topological polar surface area (TPSA) is 79.5 Å². The van der Waals surface area contributed by atoms with E-state index < -0.39 is 5.97 Å². The monoisotopic (exact) mass is 246 g/mol. The smallest absolute Gasteiger partial charge is 0.339 e. The number of aromatic nitrogens is 3. The van der Waals surface area contributed by atoms with Crippen molar-refractivity contribution in [1.29, 1.82) is 0 Å². The van der Waals surface area contributed by atoms with Crippen LogP contribution in [0, 0.1) is 0 Å². The predicted octanol–water partition coefficient (Wildman–Crippen LogP) is 0.894. The fraction of sp³-hybridized carbons (Fsp3) is 0.417. The SMILES string of the molecule is O=C(O)c1cccn2c(C3CCCNC3)nnc12. The standard InChI is InChI=1S/C12H14N4O2/c17-12(18)9-4-2-6-16-10(14-15-11(9)16)8-3-1-5-13-7-8/h2,4,6,8,13H,1,3,5,7H2,(H,17,18). The molecule has 0 spiro atoms. The number of hydrogen-bond acceptors (Lipinski definition) is 4. The van der Waals surface area contributed by atoms with Crippen molar-refractivity contribution in [1.82, 2.24) is 19.9 Å². The Bertz CT molecular complexity index is 587. The van der Waals surface area contributed by atoms with Gasteiger partial charge in [-0.2, -0.15) is 0 Å². The molecule has 0 saturated carbocycles. The van der Waals surface area contributed by atoms with Gasteiger partial charge in [0.2, 0.25) is 0 Å². The number of hydrogen-bond donors (Lipinski definition) is 2. The first kappa shape index (κ1) is 11.2. The first-order valence-electron chi connectivity index (χ1n) is 6.05. The van der Waals surface area contributed by atoms with E-state index in [4.69, 9.17) is 5.11 Å². The average molecular weight is 246 g/mol. The second-order valence-electron chi connectivity index (χ2n) is 4.52. The van der Waals surface area contributed by atoms with E-state index in [9.17, 15) is 4.79 Å². The summed E-state index contributed by atoms with van der Waals surface area (Å²) in [5.41, 5.74) is 0.616. The van der Waals surface area contributed by atoms with E-state index in [1.165, 1.54) is 0 Å². The first-order valence-corrected chi connectivity index (χ1v) is 6.05. The minimum atomic E-state index is -0.971. The van der Waals surface area contributed by atoms with Crippen molar-refractivity contribution in [3.63, 3.8) is 0 Å². The highest BCUT2D eigenvalue weighted by Gasteiger charge is 2.22. The molecule has 0 amide bonds. The molecule has 18 heavy (non-hydrogen) atoms. The van der Waals surface area contributed by atoms with E-state index >= 15 is 0 Å². The highest BCUT2D eigenvalue weighted by atomic mass is 16.4. The third kappa shape index (κ3) is 1.74. The fourth-order valence-corrected chi connectivity index (χ4v) is 2.45. The van der Waals surface area contributed by atoms with Gasteiger partial charge in [-0.3, -0.25) is 4.40 Å². The van der Waals surface area contributed by atoms with Crippen LogP contribution in [0.2, 0.25) is 0 Å². The Kier molecular flexibility index (Phi) is 2.71. The van der Waals surface area contributed by atoms with E-state index in [1.807, 2.05) is 6.20 Å². The Balaban J connectivity index is 2.08. The zero-order chi connectivity index (χ0) is 12.5. The summed E-state index contributed by atoms with van der Waals surface area (Å²) in [5.74, 6) is 0.180. The van der Waals surface area contributed by atoms with Crippen LogP contribution in [0.15, 0.2) is 18.3 Å². The van der Waals surface area contributed by atoms with Crippen molar-refractivity contribution in [3.8, 4) is 0 Å². The summed E-state index contributed by atoms with van der Waals surface area (Å²) >= 11 is 0. The van der Waals surface area contributed by atoms with E-state index in [0.29, 0.717) is 11.6 Å². The second-order valence-corrected chi connectivity index (χ2v) is 4.52. The van der Waals surface area contributed by atoms with Crippen LogP contribution in [-0.4, -0.2) is 38.8 Å². The van der Waals surface area contributed by atoms with Gasteiger partial charge in [-0.1, -0.05) is 0 Å². The van der Waals surface area contributed by atoms with Gasteiger partial charge >= 0.3 is 5.97 Å². The molecule has 6 heteroatoms. The molecule has 2 N–H and O–H groups in total. The number of carboxylic acid groups (broad SMARTS) is 1. The Morgan fingerprint density at radius 2 is 2.39 bits per heavy atom. The summed E-state index contributed by atoms with van der Waals surface area (Å²) in [6.07, 6.45) is 4.00. The Morgan fingerprint density at radius 3 is 3.11 bits per heavy atom. The fourth-order valence-electron chi connectivity index (χ4n) is 2.45. The lowest BCUT2D eigenvalue weighted by Gasteiger charge is -2.21. The average Bonchev–Trinajstić information content (AvgIpc) is 2.83. The molecule has 2 aromatic heterocycles. The van der Waals surface area contributed by atoms with Crippen LogP contribution in [-0.2, 0) is 0 Å². The van der Waals surface area contributed by atoms with Crippen molar-refractivity contribution < 1.29 is 9.90 Å². The van der Waals surface area contributed by atoms with Crippen LogP contribution in [0.3, 0.4) is 0 Å². The first-order chi connectivity index (χ1) is 8.77. The summed E-state index contributed by atoms with van der Waals surface area (Å²) in [5, 5.41) is 20.6. The minimum absolute atomic E-state index is 0.194. The van der Waals surface area contributed by atoms with Crippen LogP contribution in [0.5, 0.6) is 0 Å². The predicted molar refractivity (Wildman–Crippen MR) is 64.8 cm³/mol. The third-order valence-corrected chi connectivity index (χ3v) is 3.35. The van der Waals surface area contributed by atoms with E-state index in [2.05, 4.69) is 15.5 Å². The maximum atomic E-state index is 11.1. The summed E-state index contributed by atoms with van der Waals surface area (Å²) in [6, 6.07) is 3.27. The molecule has 0 aromatic carbocycles. The maximum Gasteiger partial charge on any atom is 0.339 e. The van der Waals surface area contributed by atoms with Crippen LogP contribution in [0.25, 0.3) is 5.65 Å². The van der Waals surface area contributed by atoms with Crippen molar-refractivity contribution in [2.45, 2.75) is 18.8 Å². The highest BCUT2D eigenvalue weighted by molar-refractivity contribution is 5.94. The maximum absolute atomic E-state index is 11.1. The minimum Gasteiger partial charge on any atom is -0.478 e. The van der Waals surface area contributed by atoms with Crippen LogP contribution in [0.1, 0.15) is 34.9 Å². The molecule has 0 radical (unpaired) electrons. The number of carbonyl (C=O) groups is 1. The largest absolute Gasteiger partial charge is 0.478 e. The molecule has 6 nitrogen and oxygen atoms in total. The lowest BCUT2D eigenvalue weighted by atomic mass is 9.99. The Hall–Kier alpha value is -1.95.